The fraction of sp³-hybridized carbons (Fsp3) is 0.238. The topological polar surface area (TPSA) is 95.1 Å². The second-order valence-corrected chi connectivity index (χ2v) is 6.65. The first-order valence-electron chi connectivity index (χ1n) is 9.00. The molecule has 2 atom stereocenters. The molecule has 2 aromatic rings. The van der Waals surface area contributed by atoms with Gasteiger partial charge in [0.15, 0.2) is 11.5 Å². The Balaban J connectivity index is 1.52. The van der Waals surface area contributed by atoms with Crippen molar-refractivity contribution in [1.82, 2.24) is 10.6 Å². The molecule has 1 saturated heterocycles. The summed E-state index contributed by atoms with van der Waals surface area (Å²) in [6.45, 7) is 4.08. The van der Waals surface area contributed by atoms with E-state index in [1.54, 1.807) is 37.4 Å². The largest absolute Gasteiger partial charge is 0.497 e. The average Bonchev–Trinajstić information content (AvgIpc) is 3.19. The van der Waals surface area contributed by atoms with Gasteiger partial charge in [-0.3, -0.25) is 4.79 Å². The van der Waals surface area contributed by atoms with Crippen LogP contribution in [0.4, 0.5) is 4.79 Å². The van der Waals surface area contributed by atoms with E-state index in [9.17, 15) is 9.59 Å². The lowest BCUT2D eigenvalue weighted by Gasteiger charge is -2.33. The van der Waals surface area contributed by atoms with Gasteiger partial charge in [0.2, 0.25) is 6.79 Å². The van der Waals surface area contributed by atoms with Crippen LogP contribution in [0.15, 0.2) is 54.7 Å². The van der Waals surface area contributed by atoms with Gasteiger partial charge in [0.25, 0.3) is 0 Å². The molecule has 2 aromatic carbocycles. The summed E-state index contributed by atoms with van der Waals surface area (Å²) in [5.74, 6) is 0.598. The molecule has 0 aliphatic carbocycles. The summed E-state index contributed by atoms with van der Waals surface area (Å²) in [6, 6.07) is 11.4. The Kier molecular flexibility index (Phi) is 4.99. The molecule has 2 heterocycles. The van der Waals surface area contributed by atoms with Gasteiger partial charge in [-0.1, -0.05) is 24.8 Å². The summed E-state index contributed by atoms with van der Waals surface area (Å²) in [7, 11) is 1.58. The minimum atomic E-state index is -0.800. The van der Waals surface area contributed by atoms with Crippen molar-refractivity contribution in [2.45, 2.75) is 12.6 Å². The number of rotatable bonds is 5. The number of hydrogen-bond donors (Lipinski definition) is 2. The molecule has 29 heavy (non-hydrogen) atoms. The van der Waals surface area contributed by atoms with Gasteiger partial charge in [-0.05, 0) is 35.4 Å². The molecule has 0 radical (unpaired) electrons. The Morgan fingerprint density at radius 1 is 1.17 bits per heavy atom. The standard InChI is InChI=1S/C21H20N2O6/c1-12-18(20(24)27-10-13-3-6-15(26-2)7-4-13)19(23-21(25)22-12)14-5-8-16-17(9-14)29-11-28-16/h3-9,18-19H,1,10-11H2,2H3,(H2,22,23,25)/t18-,19+/m1/s1. The highest BCUT2D eigenvalue weighted by molar-refractivity contribution is 5.85. The van der Waals surface area contributed by atoms with Crippen LogP contribution in [-0.4, -0.2) is 25.9 Å². The van der Waals surface area contributed by atoms with E-state index < -0.39 is 24.0 Å². The van der Waals surface area contributed by atoms with Crippen molar-refractivity contribution < 1.29 is 28.5 Å². The van der Waals surface area contributed by atoms with Crippen molar-refractivity contribution in [2.75, 3.05) is 13.9 Å². The molecule has 2 aliphatic heterocycles. The molecule has 150 valence electrons. The van der Waals surface area contributed by atoms with Crippen molar-refractivity contribution in [3.8, 4) is 17.2 Å². The molecule has 4 rings (SSSR count). The minimum Gasteiger partial charge on any atom is -0.497 e. The number of nitrogens with one attached hydrogen (secondary N) is 2. The Bertz CT molecular complexity index is 956. The van der Waals surface area contributed by atoms with Crippen LogP contribution in [-0.2, 0) is 16.1 Å². The Labute approximate surface area is 167 Å². The monoisotopic (exact) mass is 396 g/mol. The molecule has 8 nitrogen and oxygen atoms in total. The van der Waals surface area contributed by atoms with Gasteiger partial charge in [0.05, 0.1) is 13.2 Å². The molecule has 8 heteroatoms. The maximum Gasteiger partial charge on any atom is 0.319 e. The van der Waals surface area contributed by atoms with Gasteiger partial charge >= 0.3 is 12.0 Å². The number of ether oxygens (including phenoxy) is 4. The molecule has 0 spiro atoms. The van der Waals surface area contributed by atoms with Gasteiger partial charge < -0.3 is 29.6 Å². The van der Waals surface area contributed by atoms with Gasteiger partial charge in [-0.2, -0.15) is 0 Å². The van der Waals surface area contributed by atoms with E-state index in [0.717, 1.165) is 11.3 Å². The van der Waals surface area contributed by atoms with Crippen molar-refractivity contribution in [1.29, 1.82) is 0 Å². The highest BCUT2D eigenvalue weighted by atomic mass is 16.7. The van der Waals surface area contributed by atoms with Gasteiger partial charge in [-0.25, -0.2) is 4.79 Å². The fourth-order valence-corrected chi connectivity index (χ4v) is 3.31. The maximum atomic E-state index is 12.9. The first-order valence-corrected chi connectivity index (χ1v) is 9.00. The van der Waals surface area contributed by atoms with E-state index in [2.05, 4.69) is 17.2 Å². The Morgan fingerprint density at radius 2 is 1.93 bits per heavy atom. The van der Waals surface area contributed by atoms with Crippen LogP contribution in [0, 0.1) is 5.92 Å². The first kappa shape index (κ1) is 18.7. The predicted octanol–water partition coefficient (Wildman–Crippen LogP) is 2.65. The molecule has 0 aromatic heterocycles. The van der Waals surface area contributed by atoms with Gasteiger partial charge in [0, 0.05) is 5.70 Å². The third-order valence-corrected chi connectivity index (χ3v) is 4.82. The van der Waals surface area contributed by atoms with Crippen molar-refractivity contribution in [2.24, 2.45) is 5.92 Å². The van der Waals surface area contributed by atoms with E-state index in [1.807, 2.05) is 12.1 Å². The molecule has 2 N–H and O–H groups in total. The number of benzene rings is 2. The van der Waals surface area contributed by atoms with E-state index in [-0.39, 0.29) is 19.1 Å². The van der Waals surface area contributed by atoms with Gasteiger partial charge in [0.1, 0.15) is 18.3 Å². The second-order valence-electron chi connectivity index (χ2n) is 6.65. The zero-order valence-corrected chi connectivity index (χ0v) is 15.8. The molecule has 0 unspecified atom stereocenters. The first-order chi connectivity index (χ1) is 14.0. The number of carbonyl (C=O) groups excluding carboxylic acids is 2. The van der Waals surface area contributed by atoms with Crippen molar-refractivity contribution >= 4 is 12.0 Å². The smallest absolute Gasteiger partial charge is 0.319 e. The van der Waals surface area contributed by atoms with Crippen molar-refractivity contribution in [3.63, 3.8) is 0 Å². The number of amides is 2. The van der Waals surface area contributed by atoms with Crippen LogP contribution in [0.1, 0.15) is 17.2 Å². The highest BCUT2D eigenvalue weighted by Gasteiger charge is 2.39. The van der Waals surface area contributed by atoms with Crippen molar-refractivity contribution in [3.05, 3.63) is 65.9 Å². The third kappa shape index (κ3) is 3.82. The molecule has 2 amide bonds. The van der Waals surface area contributed by atoms with Crippen LogP contribution < -0.4 is 24.8 Å². The average molecular weight is 396 g/mol. The summed E-state index contributed by atoms with van der Waals surface area (Å²) in [5.41, 5.74) is 1.78. The quantitative estimate of drug-likeness (QED) is 0.755. The third-order valence-electron chi connectivity index (χ3n) is 4.82. The van der Waals surface area contributed by atoms with E-state index in [0.29, 0.717) is 17.1 Å². The highest BCUT2D eigenvalue weighted by Crippen LogP contribution is 2.38. The number of hydrogen-bond acceptors (Lipinski definition) is 6. The zero-order valence-electron chi connectivity index (χ0n) is 15.8. The summed E-state index contributed by atoms with van der Waals surface area (Å²) in [6.07, 6.45) is 0. The van der Waals surface area contributed by atoms with Crippen LogP contribution in [0.2, 0.25) is 0 Å². The Morgan fingerprint density at radius 3 is 2.69 bits per heavy atom. The number of methoxy groups -OCH3 is 1. The normalized spacial score (nSPS) is 19.9. The predicted molar refractivity (Wildman–Crippen MR) is 102 cm³/mol. The van der Waals surface area contributed by atoms with Gasteiger partial charge in [-0.15, -0.1) is 0 Å². The lowest BCUT2D eigenvalue weighted by Crippen LogP contribution is -2.51. The molecule has 1 fully saturated rings. The maximum absolute atomic E-state index is 12.9. The SMILES string of the molecule is C=C1NC(=O)N[C@@H](c2ccc3c(c2)OCO3)[C@@H]1C(=O)OCc1ccc(OC)cc1. The molecular weight excluding hydrogens is 376 g/mol. The van der Waals surface area contributed by atoms with E-state index in [1.165, 1.54) is 0 Å². The lowest BCUT2D eigenvalue weighted by atomic mass is 9.89. The number of urea groups is 1. The molecule has 0 saturated carbocycles. The summed E-state index contributed by atoms with van der Waals surface area (Å²) >= 11 is 0. The van der Waals surface area contributed by atoms with Crippen LogP contribution in [0.5, 0.6) is 17.2 Å². The zero-order chi connectivity index (χ0) is 20.4. The molecular formula is C21H20N2O6. The Hall–Kier alpha value is -3.68. The number of esters is 1. The van der Waals surface area contributed by atoms with Crippen LogP contribution in [0.3, 0.4) is 0 Å². The van der Waals surface area contributed by atoms with Crippen LogP contribution >= 0.6 is 0 Å². The number of carbonyl (C=O) groups is 2. The molecule has 0 bridgehead atoms. The summed E-state index contributed by atoms with van der Waals surface area (Å²) in [5, 5.41) is 5.33. The lowest BCUT2D eigenvalue weighted by molar-refractivity contribution is -0.149. The van der Waals surface area contributed by atoms with E-state index in [4.69, 9.17) is 18.9 Å². The second kappa shape index (κ2) is 7.75. The fourth-order valence-electron chi connectivity index (χ4n) is 3.31. The summed E-state index contributed by atoms with van der Waals surface area (Å²) < 4.78 is 21.4. The molecule has 2 aliphatic rings. The van der Waals surface area contributed by atoms with Crippen LogP contribution in [0.25, 0.3) is 0 Å². The summed E-state index contributed by atoms with van der Waals surface area (Å²) in [4.78, 5) is 24.9. The number of fused-ring (bicyclic) bond motifs is 1. The van der Waals surface area contributed by atoms with E-state index >= 15 is 0 Å². The minimum absolute atomic E-state index is 0.0917.